The molecule has 1 amide bonds. The third kappa shape index (κ3) is 5.27. The summed E-state index contributed by atoms with van der Waals surface area (Å²) in [7, 11) is -3.88. The van der Waals surface area contributed by atoms with Gasteiger partial charge in [-0.05, 0) is 56.2 Å². The zero-order valence-electron chi connectivity index (χ0n) is 18.3. The zero-order chi connectivity index (χ0) is 23.6. The first-order valence-electron chi connectivity index (χ1n) is 10.1. The Bertz CT molecular complexity index is 1430. The SMILES string of the molecule is Cc1ccc(-c2nnc(NC(=O)c3ccc(C)c(S(=O)(=O)Nc4cccc(C)c4)c3)s2)cc1. The van der Waals surface area contributed by atoms with Gasteiger partial charge in [-0.1, -0.05) is 59.4 Å². The van der Waals surface area contributed by atoms with Gasteiger partial charge in [0.2, 0.25) is 5.13 Å². The van der Waals surface area contributed by atoms with Gasteiger partial charge in [-0.15, -0.1) is 10.2 Å². The van der Waals surface area contributed by atoms with Crippen LogP contribution >= 0.6 is 11.3 Å². The largest absolute Gasteiger partial charge is 0.296 e. The van der Waals surface area contributed by atoms with Gasteiger partial charge in [0, 0.05) is 16.8 Å². The lowest BCUT2D eigenvalue weighted by Crippen LogP contribution is -2.17. The van der Waals surface area contributed by atoms with Crippen LogP contribution in [0.5, 0.6) is 0 Å². The molecule has 1 aromatic heterocycles. The maximum atomic E-state index is 13.0. The molecule has 4 rings (SSSR count). The number of amides is 1. The van der Waals surface area contributed by atoms with Crippen LogP contribution in [0.15, 0.2) is 71.6 Å². The van der Waals surface area contributed by atoms with E-state index in [-0.39, 0.29) is 10.5 Å². The Labute approximate surface area is 196 Å². The number of rotatable bonds is 6. The van der Waals surface area contributed by atoms with Gasteiger partial charge in [0.15, 0.2) is 0 Å². The number of nitrogens with zero attached hydrogens (tertiary/aromatic N) is 2. The summed E-state index contributed by atoms with van der Waals surface area (Å²) in [6, 6.07) is 19.5. The first kappa shape index (κ1) is 22.6. The highest BCUT2D eigenvalue weighted by molar-refractivity contribution is 7.92. The van der Waals surface area contributed by atoms with E-state index in [1.54, 1.807) is 37.3 Å². The predicted molar refractivity (Wildman–Crippen MR) is 131 cm³/mol. The quantitative estimate of drug-likeness (QED) is 0.397. The minimum absolute atomic E-state index is 0.0364. The summed E-state index contributed by atoms with van der Waals surface area (Å²) in [5.41, 5.74) is 4.17. The Kier molecular flexibility index (Phi) is 6.26. The van der Waals surface area contributed by atoms with E-state index in [2.05, 4.69) is 20.2 Å². The van der Waals surface area contributed by atoms with E-state index in [0.717, 1.165) is 16.7 Å². The molecule has 33 heavy (non-hydrogen) atoms. The van der Waals surface area contributed by atoms with Crippen molar-refractivity contribution >= 4 is 38.1 Å². The molecule has 0 saturated carbocycles. The highest BCUT2D eigenvalue weighted by Gasteiger charge is 2.20. The Hall–Kier alpha value is -3.56. The van der Waals surface area contributed by atoms with Crippen LogP contribution in [0, 0.1) is 20.8 Å². The monoisotopic (exact) mass is 478 g/mol. The number of aromatic nitrogens is 2. The van der Waals surface area contributed by atoms with Crippen LogP contribution in [-0.2, 0) is 10.0 Å². The van der Waals surface area contributed by atoms with Gasteiger partial charge in [0.1, 0.15) is 5.01 Å². The van der Waals surface area contributed by atoms with Gasteiger partial charge in [0.05, 0.1) is 4.90 Å². The van der Waals surface area contributed by atoms with E-state index in [9.17, 15) is 13.2 Å². The van der Waals surface area contributed by atoms with E-state index in [1.165, 1.54) is 17.4 Å². The van der Waals surface area contributed by atoms with Crippen LogP contribution in [0.2, 0.25) is 0 Å². The standard InChI is InChI=1S/C24H22N4O3S2/c1-15-7-10-18(11-8-15)23-26-27-24(32-23)25-22(29)19-12-9-17(3)21(14-19)33(30,31)28-20-6-4-5-16(2)13-20/h4-14,28H,1-3H3,(H,25,27,29). The van der Waals surface area contributed by atoms with Crippen molar-refractivity contribution in [1.82, 2.24) is 10.2 Å². The van der Waals surface area contributed by atoms with Crippen LogP contribution < -0.4 is 10.0 Å². The molecule has 0 atom stereocenters. The number of nitrogens with one attached hydrogen (secondary N) is 2. The third-order valence-corrected chi connectivity index (χ3v) is 7.37. The molecule has 9 heteroatoms. The molecule has 0 aliphatic rings. The summed E-state index contributed by atoms with van der Waals surface area (Å²) in [5, 5.41) is 11.9. The van der Waals surface area contributed by atoms with Crippen LogP contribution in [0.3, 0.4) is 0 Å². The lowest BCUT2D eigenvalue weighted by Gasteiger charge is -2.12. The van der Waals surface area contributed by atoms with Gasteiger partial charge >= 0.3 is 0 Å². The van der Waals surface area contributed by atoms with Crippen LogP contribution in [0.1, 0.15) is 27.0 Å². The van der Waals surface area contributed by atoms with Crippen LogP contribution in [-0.4, -0.2) is 24.5 Å². The Morgan fingerprint density at radius 1 is 0.879 bits per heavy atom. The first-order chi connectivity index (χ1) is 15.7. The topological polar surface area (TPSA) is 101 Å². The van der Waals surface area contributed by atoms with E-state index in [0.29, 0.717) is 21.4 Å². The van der Waals surface area contributed by atoms with E-state index < -0.39 is 15.9 Å². The second-order valence-corrected chi connectivity index (χ2v) is 10.3. The molecule has 168 valence electrons. The molecule has 0 fully saturated rings. The number of anilines is 2. The molecule has 0 aliphatic carbocycles. The van der Waals surface area contributed by atoms with Crippen molar-refractivity contribution < 1.29 is 13.2 Å². The van der Waals surface area contributed by atoms with Gasteiger partial charge in [-0.3, -0.25) is 14.8 Å². The van der Waals surface area contributed by atoms with E-state index in [1.807, 2.05) is 44.2 Å². The second kappa shape index (κ2) is 9.13. The van der Waals surface area contributed by atoms with Crippen molar-refractivity contribution in [2.75, 3.05) is 10.0 Å². The maximum absolute atomic E-state index is 13.0. The highest BCUT2D eigenvalue weighted by Crippen LogP contribution is 2.27. The summed E-state index contributed by atoms with van der Waals surface area (Å²) in [5.74, 6) is -0.464. The minimum atomic E-state index is -3.88. The van der Waals surface area contributed by atoms with E-state index in [4.69, 9.17) is 0 Å². The van der Waals surface area contributed by atoms with Gasteiger partial charge < -0.3 is 0 Å². The van der Waals surface area contributed by atoms with Crippen molar-refractivity contribution in [2.24, 2.45) is 0 Å². The normalized spacial score (nSPS) is 11.2. The third-order valence-electron chi connectivity index (χ3n) is 4.95. The highest BCUT2D eigenvalue weighted by atomic mass is 32.2. The van der Waals surface area contributed by atoms with Crippen molar-refractivity contribution in [1.29, 1.82) is 0 Å². The van der Waals surface area contributed by atoms with Crippen molar-refractivity contribution in [2.45, 2.75) is 25.7 Å². The van der Waals surface area contributed by atoms with Gasteiger partial charge in [0.25, 0.3) is 15.9 Å². The Balaban J connectivity index is 1.55. The number of carbonyl (C=O) groups excluding carboxylic acids is 1. The van der Waals surface area contributed by atoms with Crippen LogP contribution in [0.25, 0.3) is 10.6 Å². The summed E-state index contributed by atoms with van der Waals surface area (Å²) in [6.07, 6.45) is 0. The maximum Gasteiger partial charge on any atom is 0.262 e. The molecule has 0 saturated heterocycles. The number of benzene rings is 3. The second-order valence-electron chi connectivity index (χ2n) is 7.69. The summed E-state index contributed by atoms with van der Waals surface area (Å²) >= 11 is 1.25. The van der Waals surface area contributed by atoms with Gasteiger partial charge in [-0.25, -0.2) is 8.42 Å². The molecule has 2 N–H and O–H groups in total. The number of sulfonamides is 1. The molecule has 0 aliphatic heterocycles. The first-order valence-corrected chi connectivity index (χ1v) is 12.4. The van der Waals surface area contributed by atoms with Gasteiger partial charge in [-0.2, -0.15) is 0 Å². The average molecular weight is 479 g/mol. The summed E-state index contributed by atoms with van der Waals surface area (Å²) in [6.45, 7) is 5.57. The summed E-state index contributed by atoms with van der Waals surface area (Å²) in [4.78, 5) is 12.8. The van der Waals surface area contributed by atoms with Crippen molar-refractivity contribution in [3.05, 3.63) is 89.0 Å². The molecule has 7 nitrogen and oxygen atoms in total. The summed E-state index contributed by atoms with van der Waals surface area (Å²) < 4.78 is 28.6. The molecular weight excluding hydrogens is 456 g/mol. The number of hydrogen-bond donors (Lipinski definition) is 2. The fourth-order valence-electron chi connectivity index (χ4n) is 3.21. The molecule has 1 heterocycles. The van der Waals surface area contributed by atoms with Crippen molar-refractivity contribution in [3.63, 3.8) is 0 Å². The van der Waals surface area contributed by atoms with Crippen LogP contribution in [0.4, 0.5) is 10.8 Å². The average Bonchev–Trinajstić information content (AvgIpc) is 3.22. The fraction of sp³-hybridized carbons (Fsp3) is 0.125. The molecule has 3 aromatic carbocycles. The lowest BCUT2D eigenvalue weighted by molar-refractivity contribution is 0.102. The van der Waals surface area contributed by atoms with Crippen molar-refractivity contribution in [3.8, 4) is 10.6 Å². The number of hydrogen-bond acceptors (Lipinski definition) is 6. The fourth-order valence-corrected chi connectivity index (χ4v) is 5.27. The number of aryl methyl sites for hydroxylation is 3. The molecule has 0 radical (unpaired) electrons. The minimum Gasteiger partial charge on any atom is -0.296 e. The lowest BCUT2D eigenvalue weighted by atomic mass is 10.1. The molecule has 4 aromatic rings. The van der Waals surface area contributed by atoms with E-state index >= 15 is 0 Å². The molecule has 0 unspecified atom stereocenters. The Morgan fingerprint density at radius 3 is 2.36 bits per heavy atom. The predicted octanol–water partition coefficient (Wildman–Crippen LogP) is 5.18. The zero-order valence-corrected chi connectivity index (χ0v) is 19.9. The molecule has 0 spiro atoms. The Morgan fingerprint density at radius 2 is 1.64 bits per heavy atom. The smallest absolute Gasteiger partial charge is 0.262 e. The number of carbonyl (C=O) groups is 1. The molecular formula is C24H22N4O3S2. The molecule has 0 bridgehead atoms.